The van der Waals surface area contributed by atoms with Crippen LogP contribution in [0.5, 0.6) is 0 Å². The van der Waals surface area contributed by atoms with E-state index in [9.17, 15) is 0 Å². The van der Waals surface area contributed by atoms with E-state index < -0.39 is 0 Å². The van der Waals surface area contributed by atoms with Crippen LogP contribution in [-0.4, -0.2) is 11.5 Å². The van der Waals surface area contributed by atoms with Crippen LogP contribution in [0, 0.1) is 17.2 Å². The van der Waals surface area contributed by atoms with E-state index in [-0.39, 0.29) is 0 Å². The van der Waals surface area contributed by atoms with E-state index in [0.29, 0.717) is 5.56 Å². The summed E-state index contributed by atoms with van der Waals surface area (Å²) in [6.07, 6.45) is 5.64. The van der Waals surface area contributed by atoms with Crippen LogP contribution in [0.1, 0.15) is 24.8 Å². The summed E-state index contributed by atoms with van der Waals surface area (Å²) in [7, 11) is 0. The van der Waals surface area contributed by atoms with Gasteiger partial charge in [-0.25, -0.2) is 4.98 Å². The Kier molecular flexibility index (Phi) is 2.64. The highest BCUT2D eigenvalue weighted by molar-refractivity contribution is 5.38. The van der Waals surface area contributed by atoms with E-state index in [1.54, 1.807) is 12.3 Å². The fourth-order valence-corrected chi connectivity index (χ4v) is 1.51. The molecule has 1 aromatic heterocycles. The number of pyridine rings is 1. The van der Waals surface area contributed by atoms with Crippen molar-refractivity contribution >= 4 is 5.82 Å². The Morgan fingerprint density at radius 3 is 2.86 bits per heavy atom. The van der Waals surface area contributed by atoms with Gasteiger partial charge in [-0.3, -0.25) is 0 Å². The standard InChI is InChI=1S/C11H13N3/c12-6-10-4-5-11(14-8-10)13-7-9-2-1-3-9/h4-5,8-9H,1-3,7H2,(H,13,14). The molecule has 2 rings (SSSR count). The fourth-order valence-electron chi connectivity index (χ4n) is 1.51. The summed E-state index contributed by atoms with van der Waals surface area (Å²) in [4.78, 5) is 4.15. The lowest BCUT2D eigenvalue weighted by Gasteiger charge is -2.25. The van der Waals surface area contributed by atoms with E-state index in [1.165, 1.54) is 19.3 Å². The van der Waals surface area contributed by atoms with Crippen LogP contribution in [0.25, 0.3) is 0 Å². The van der Waals surface area contributed by atoms with Gasteiger partial charge in [0.2, 0.25) is 0 Å². The van der Waals surface area contributed by atoms with Gasteiger partial charge < -0.3 is 5.32 Å². The third-order valence-electron chi connectivity index (χ3n) is 2.69. The number of hydrogen-bond donors (Lipinski definition) is 1. The zero-order valence-electron chi connectivity index (χ0n) is 8.03. The molecule has 1 aliphatic carbocycles. The van der Waals surface area contributed by atoms with E-state index >= 15 is 0 Å². The summed E-state index contributed by atoms with van der Waals surface area (Å²) in [5.41, 5.74) is 0.610. The second-order valence-electron chi connectivity index (χ2n) is 3.72. The van der Waals surface area contributed by atoms with Gasteiger partial charge >= 0.3 is 0 Å². The fraction of sp³-hybridized carbons (Fsp3) is 0.455. The molecule has 0 spiro atoms. The summed E-state index contributed by atoms with van der Waals surface area (Å²) in [6, 6.07) is 5.70. The van der Waals surface area contributed by atoms with Gasteiger partial charge in [-0.05, 0) is 30.9 Å². The van der Waals surface area contributed by atoms with E-state index in [1.807, 2.05) is 6.07 Å². The molecule has 1 aliphatic rings. The van der Waals surface area contributed by atoms with Gasteiger partial charge in [0.15, 0.2) is 0 Å². The summed E-state index contributed by atoms with van der Waals surface area (Å²) in [5, 5.41) is 11.9. The zero-order chi connectivity index (χ0) is 9.80. The van der Waals surface area contributed by atoms with Crippen molar-refractivity contribution in [2.45, 2.75) is 19.3 Å². The van der Waals surface area contributed by atoms with E-state index in [0.717, 1.165) is 18.3 Å². The second kappa shape index (κ2) is 4.10. The lowest BCUT2D eigenvalue weighted by atomic mass is 9.85. The first-order valence-corrected chi connectivity index (χ1v) is 4.98. The molecule has 1 saturated carbocycles. The number of nitrogens with one attached hydrogen (secondary N) is 1. The van der Waals surface area contributed by atoms with Crippen LogP contribution < -0.4 is 5.32 Å². The molecule has 1 heterocycles. The zero-order valence-corrected chi connectivity index (χ0v) is 8.03. The van der Waals surface area contributed by atoms with Crippen molar-refractivity contribution in [1.29, 1.82) is 5.26 Å². The van der Waals surface area contributed by atoms with E-state index in [4.69, 9.17) is 5.26 Å². The summed E-state index contributed by atoms with van der Waals surface area (Å²) >= 11 is 0. The maximum atomic E-state index is 8.58. The molecule has 0 atom stereocenters. The van der Waals surface area contributed by atoms with Crippen molar-refractivity contribution in [3.05, 3.63) is 23.9 Å². The first kappa shape index (κ1) is 9.01. The van der Waals surface area contributed by atoms with Gasteiger partial charge in [-0.1, -0.05) is 6.42 Å². The Labute approximate surface area is 83.8 Å². The summed E-state index contributed by atoms with van der Waals surface area (Å²) in [6.45, 7) is 1.01. The SMILES string of the molecule is N#Cc1ccc(NCC2CCC2)nc1. The maximum absolute atomic E-state index is 8.58. The van der Waals surface area contributed by atoms with Gasteiger partial charge in [0.05, 0.1) is 5.56 Å². The number of hydrogen-bond acceptors (Lipinski definition) is 3. The summed E-state index contributed by atoms with van der Waals surface area (Å²) in [5.74, 6) is 1.70. The summed E-state index contributed by atoms with van der Waals surface area (Å²) < 4.78 is 0. The lowest BCUT2D eigenvalue weighted by Crippen LogP contribution is -2.21. The second-order valence-corrected chi connectivity index (χ2v) is 3.72. The highest BCUT2D eigenvalue weighted by Crippen LogP contribution is 2.26. The largest absolute Gasteiger partial charge is 0.370 e. The lowest BCUT2D eigenvalue weighted by molar-refractivity contribution is 0.333. The van der Waals surface area contributed by atoms with Gasteiger partial charge in [-0.2, -0.15) is 5.26 Å². The topological polar surface area (TPSA) is 48.7 Å². The molecule has 0 saturated heterocycles. The highest BCUT2D eigenvalue weighted by Gasteiger charge is 2.16. The molecule has 1 N–H and O–H groups in total. The van der Waals surface area contributed by atoms with Crippen LogP contribution in [0.3, 0.4) is 0 Å². The molecule has 0 aliphatic heterocycles. The Balaban J connectivity index is 1.86. The molecule has 3 nitrogen and oxygen atoms in total. The predicted octanol–water partition coefficient (Wildman–Crippen LogP) is 2.17. The molecule has 0 unspecified atom stereocenters. The molecule has 0 aromatic carbocycles. The highest BCUT2D eigenvalue weighted by atomic mass is 15.0. The molecule has 1 aromatic rings. The molecule has 1 fully saturated rings. The Hall–Kier alpha value is -1.56. The van der Waals surface area contributed by atoms with Crippen LogP contribution >= 0.6 is 0 Å². The minimum Gasteiger partial charge on any atom is -0.370 e. The smallest absolute Gasteiger partial charge is 0.125 e. The third-order valence-corrected chi connectivity index (χ3v) is 2.69. The molecule has 72 valence electrons. The molecule has 3 heteroatoms. The van der Waals surface area contributed by atoms with Gasteiger partial charge in [0.1, 0.15) is 11.9 Å². The average molecular weight is 187 g/mol. The van der Waals surface area contributed by atoms with Crippen molar-refractivity contribution in [2.24, 2.45) is 5.92 Å². The normalized spacial score (nSPS) is 15.6. The van der Waals surface area contributed by atoms with Crippen molar-refractivity contribution < 1.29 is 0 Å². The van der Waals surface area contributed by atoms with Crippen LogP contribution in [0.2, 0.25) is 0 Å². The molecule has 0 amide bonds. The molecule has 0 bridgehead atoms. The quantitative estimate of drug-likeness (QED) is 0.788. The third kappa shape index (κ3) is 2.02. The number of nitriles is 1. The number of nitrogens with zero attached hydrogens (tertiary/aromatic N) is 2. The van der Waals surface area contributed by atoms with Gasteiger partial charge in [0.25, 0.3) is 0 Å². The monoisotopic (exact) mass is 187 g/mol. The van der Waals surface area contributed by atoms with Crippen LogP contribution in [0.15, 0.2) is 18.3 Å². The minimum absolute atomic E-state index is 0.610. The first-order chi connectivity index (χ1) is 6.88. The van der Waals surface area contributed by atoms with Crippen LogP contribution in [0.4, 0.5) is 5.82 Å². The Morgan fingerprint density at radius 2 is 2.36 bits per heavy atom. The van der Waals surface area contributed by atoms with Crippen molar-refractivity contribution in [2.75, 3.05) is 11.9 Å². The van der Waals surface area contributed by atoms with Crippen LogP contribution in [-0.2, 0) is 0 Å². The predicted molar refractivity (Wildman–Crippen MR) is 54.8 cm³/mol. The maximum Gasteiger partial charge on any atom is 0.125 e. The average Bonchev–Trinajstić information content (AvgIpc) is 2.16. The van der Waals surface area contributed by atoms with Gasteiger partial charge in [-0.15, -0.1) is 0 Å². The molecular formula is C11H13N3. The molecular weight excluding hydrogens is 174 g/mol. The molecule has 0 radical (unpaired) electrons. The van der Waals surface area contributed by atoms with Crippen molar-refractivity contribution in [3.8, 4) is 6.07 Å². The molecule has 14 heavy (non-hydrogen) atoms. The Morgan fingerprint density at radius 1 is 1.50 bits per heavy atom. The van der Waals surface area contributed by atoms with E-state index in [2.05, 4.69) is 16.4 Å². The Bertz CT molecular complexity index is 333. The number of aromatic nitrogens is 1. The first-order valence-electron chi connectivity index (χ1n) is 4.98. The number of rotatable bonds is 3. The van der Waals surface area contributed by atoms with Gasteiger partial charge in [0, 0.05) is 12.7 Å². The van der Waals surface area contributed by atoms with Crippen molar-refractivity contribution in [3.63, 3.8) is 0 Å². The number of anilines is 1. The van der Waals surface area contributed by atoms with Crippen molar-refractivity contribution in [1.82, 2.24) is 4.98 Å². The minimum atomic E-state index is 0.610.